The molecule has 0 aliphatic heterocycles. The van der Waals surface area contributed by atoms with E-state index in [1.54, 1.807) is 20.8 Å². The number of benzene rings is 1. The Morgan fingerprint density at radius 2 is 1.97 bits per heavy atom. The fourth-order valence-corrected chi connectivity index (χ4v) is 2.44. The van der Waals surface area contributed by atoms with Gasteiger partial charge in [-0.15, -0.1) is 5.10 Å². The number of amides is 1. The lowest BCUT2D eigenvalue weighted by molar-refractivity contribution is -0.143. The maximum Gasteiger partial charge on any atom is 0.307 e. The first-order valence-corrected chi connectivity index (χ1v) is 9.44. The Kier molecular flexibility index (Phi) is 10.1. The number of hydrogen-bond acceptors (Lipinski definition) is 8. The van der Waals surface area contributed by atoms with Crippen molar-refractivity contribution in [1.29, 1.82) is 0 Å². The summed E-state index contributed by atoms with van der Waals surface area (Å²) in [6, 6.07) is 9.02. The molecule has 2 rings (SSSR count). The van der Waals surface area contributed by atoms with Crippen molar-refractivity contribution in [2.24, 2.45) is 5.73 Å². The molecule has 1 aromatic carbocycles. The Morgan fingerprint density at radius 1 is 1.27 bits per heavy atom. The van der Waals surface area contributed by atoms with Crippen LogP contribution in [0.15, 0.2) is 30.3 Å². The predicted molar refractivity (Wildman–Crippen MR) is 111 cm³/mol. The number of nitrogens with one attached hydrogen (secondary N) is 1. The van der Waals surface area contributed by atoms with Gasteiger partial charge >= 0.3 is 5.97 Å². The quantitative estimate of drug-likeness (QED) is 0.521. The molecule has 166 valence electrons. The normalized spacial score (nSPS) is 12.0. The summed E-state index contributed by atoms with van der Waals surface area (Å²) in [6.45, 7) is 5.98. The Bertz CT molecular complexity index is 788. The average molecular weight is 421 g/mol. The van der Waals surface area contributed by atoms with E-state index in [-0.39, 0.29) is 38.9 Å². The van der Waals surface area contributed by atoms with Gasteiger partial charge in [-0.2, -0.15) is 0 Å². The lowest BCUT2D eigenvalue weighted by Crippen LogP contribution is -2.51. The molecule has 0 radical (unpaired) electrons. The highest BCUT2D eigenvalue weighted by Crippen LogP contribution is 2.13. The van der Waals surface area contributed by atoms with Gasteiger partial charge in [0, 0.05) is 0 Å². The number of aromatic nitrogens is 4. The summed E-state index contributed by atoms with van der Waals surface area (Å²) >= 11 is 0. The molecule has 1 amide bonds. The minimum Gasteiger partial charge on any atom is -0.466 e. The minimum atomic E-state index is -1.08. The van der Waals surface area contributed by atoms with Gasteiger partial charge in [-0.05, 0) is 36.8 Å². The number of carbonyl (C=O) groups is 2. The summed E-state index contributed by atoms with van der Waals surface area (Å²) in [4.78, 5) is 24.1. The highest BCUT2D eigenvalue weighted by molar-refractivity contribution is 5.85. The molecule has 10 heteroatoms. The second kappa shape index (κ2) is 12.0. The first-order chi connectivity index (χ1) is 13.8. The summed E-state index contributed by atoms with van der Waals surface area (Å²) < 4.78 is 12.2. The van der Waals surface area contributed by atoms with E-state index in [1.807, 2.05) is 30.3 Å². The number of nitrogens with two attached hydrogens (primary N) is 1. The maximum atomic E-state index is 12.4. The molecule has 10 nitrogen and oxygen atoms in total. The highest BCUT2D eigenvalue weighted by Gasteiger charge is 2.28. The number of esters is 1. The molecule has 2 aromatic rings. The van der Waals surface area contributed by atoms with Gasteiger partial charge in [0.15, 0.2) is 5.82 Å². The molecule has 0 fully saturated rings. The minimum absolute atomic E-state index is 0. The fourth-order valence-electron chi connectivity index (χ4n) is 2.44. The van der Waals surface area contributed by atoms with Crippen molar-refractivity contribution in [2.45, 2.75) is 59.4 Å². The number of tetrazole rings is 1. The van der Waals surface area contributed by atoms with Gasteiger partial charge in [-0.3, -0.25) is 9.59 Å². The van der Waals surface area contributed by atoms with Gasteiger partial charge in [-0.1, -0.05) is 37.8 Å². The Morgan fingerprint density at radius 3 is 2.60 bits per heavy atom. The number of carbonyl (C=O) groups excluding carboxylic acids is 2. The molecule has 0 saturated carbocycles. The fraction of sp³-hybridized carbons (Fsp3) is 0.550. The van der Waals surface area contributed by atoms with Crippen LogP contribution in [-0.2, 0) is 32.2 Å². The van der Waals surface area contributed by atoms with Crippen molar-refractivity contribution < 1.29 is 19.1 Å². The smallest absolute Gasteiger partial charge is 0.307 e. The second-order valence-electron chi connectivity index (χ2n) is 7.06. The zero-order valence-corrected chi connectivity index (χ0v) is 17.0. The molecular weight excluding hydrogens is 388 g/mol. The summed E-state index contributed by atoms with van der Waals surface area (Å²) in [7, 11) is 0. The van der Waals surface area contributed by atoms with Crippen molar-refractivity contribution in [2.75, 3.05) is 13.2 Å². The van der Waals surface area contributed by atoms with Crippen LogP contribution in [0.5, 0.6) is 0 Å². The molecular formula is C20H32N6O4. The molecule has 0 unspecified atom stereocenters. The largest absolute Gasteiger partial charge is 0.466 e. The predicted octanol–water partition coefficient (Wildman–Crippen LogP) is 1.37. The Labute approximate surface area is 177 Å². The molecule has 0 spiro atoms. The highest BCUT2D eigenvalue weighted by atomic mass is 16.5. The number of nitrogens with zero attached hydrogens (tertiary/aromatic N) is 4. The average Bonchev–Trinajstić information content (AvgIpc) is 3.14. The zero-order chi connectivity index (χ0) is 21.3. The first kappa shape index (κ1) is 25.2. The van der Waals surface area contributed by atoms with E-state index in [2.05, 4.69) is 20.8 Å². The van der Waals surface area contributed by atoms with E-state index in [4.69, 9.17) is 15.2 Å². The van der Waals surface area contributed by atoms with Gasteiger partial charge in [0.1, 0.15) is 6.04 Å². The van der Waals surface area contributed by atoms with Crippen LogP contribution in [0.25, 0.3) is 0 Å². The van der Waals surface area contributed by atoms with Gasteiger partial charge in [-0.25, -0.2) is 4.68 Å². The van der Waals surface area contributed by atoms with Crippen LogP contribution in [0.1, 0.15) is 52.0 Å². The van der Waals surface area contributed by atoms with Crippen molar-refractivity contribution in [3.8, 4) is 0 Å². The Balaban J connectivity index is 0.00000450. The molecule has 0 aliphatic carbocycles. The van der Waals surface area contributed by atoms with Crippen LogP contribution in [-0.4, -0.2) is 50.8 Å². The number of hydrogen-bond donors (Lipinski definition) is 2. The van der Waals surface area contributed by atoms with E-state index in [1.165, 1.54) is 4.68 Å². The number of aryl methyl sites for hydroxylation is 1. The summed E-state index contributed by atoms with van der Waals surface area (Å²) in [5.41, 5.74) is 5.81. The third-order valence-corrected chi connectivity index (χ3v) is 3.99. The van der Waals surface area contributed by atoms with Crippen LogP contribution in [0.4, 0.5) is 0 Å². The summed E-state index contributed by atoms with van der Waals surface area (Å²) in [5.74, 6) is -0.344. The van der Waals surface area contributed by atoms with Crippen molar-refractivity contribution in [1.82, 2.24) is 25.5 Å². The lowest BCUT2D eigenvalue weighted by Gasteiger charge is -2.23. The molecule has 1 aromatic heterocycles. The van der Waals surface area contributed by atoms with Crippen LogP contribution in [0.2, 0.25) is 0 Å². The van der Waals surface area contributed by atoms with Crippen LogP contribution >= 0.6 is 0 Å². The molecule has 1 atom stereocenters. The van der Waals surface area contributed by atoms with Gasteiger partial charge in [0.05, 0.1) is 38.3 Å². The van der Waals surface area contributed by atoms with Crippen LogP contribution in [0, 0.1) is 0 Å². The first-order valence-electron chi connectivity index (χ1n) is 9.44. The monoisotopic (exact) mass is 420 g/mol. The molecule has 3 N–H and O–H groups in total. The number of ether oxygens (including phenoxy) is 2. The van der Waals surface area contributed by atoms with E-state index in [0.29, 0.717) is 19.0 Å². The standard InChI is InChI=1S/C19H28N6O4.CH4/c1-4-29-16(26)10-11-25-17(22-23-24-25)15(21-18(27)19(2,3)20)13-28-12-14-8-6-5-7-9-14;/h5-9,15H,4,10-13,20H2,1-3H3,(H,21,27);1H4/t15-;/m1./s1. The van der Waals surface area contributed by atoms with Crippen LogP contribution in [0.3, 0.4) is 0 Å². The maximum absolute atomic E-state index is 12.4. The van der Waals surface area contributed by atoms with E-state index in [0.717, 1.165) is 5.56 Å². The third-order valence-electron chi connectivity index (χ3n) is 3.99. The molecule has 0 saturated heterocycles. The summed E-state index contributed by atoms with van der Waals surface area (Å²) in [5, 5.41) is 14.4. The van der Waals surface area contributed by atoms with Crippen molar-refractivity contribution in [3.05, 3.63) is 41.7 Å². The van der Waals surface area contributed by atoms with Crippen LogP contribution < -0.4 is 11.1 Å². The lowest BCUT2D eigenvalue weighted by atomic mass is 10.1. The van der Waals surface area contributed by atoms with E-state index < -0.39 is 11.6 Å². The van der Waals surface area contributed by atoms with E-state index in [9.17, 15) is 9.59 Å². The molecule has 0 aliphatic rings. The van der Waals surface area contributed by atoms with Crippen molar-refractivity contribution in [3.63, 3.8) is 0 Å². The summed E-state index contributed by atoms with van der Waals surface area (Å²) in [6.07, 6.45) is 0.111. The molecule has 0 bridgehead atoms. The van der Waals surface area contributed by atoms with Crippen molar-refractivity contribution >= 4 is 11.9 Å². The molecule has 1 heterocycles. The number of rotatable bonds is 11. The third kappa shape index (κ3) is 7.88. The SMILES string of the molecule is C.CCOC(=O)CCn1nnnc1[C@@H](COCc1ccccc1)NC(=O)C(C)(C)N. The molecule has 30 heavy (non-hydrogen) atoms. The van der Waals surface area contributed by atoms with Gasteiger partial charge in [0.2, 0.25) is 5.91 Å². The second-order valence-corrected chi connectivity index (χ2v) is 7.06. The topological polar surface area (TPSA) is 134 Å². The van der Waals surface area contributed by atoms with E-state index >= 15 is 0 Å². The zero-order valence-electron chi connectivity index (χ0n) is 17.0. The van der Waals surface area contributed by atoms with Gasteiger partial charge < -0.3 is 20.5 Å². The Hall–Kier alpha value is -2.85. The van der Waals surface area contributed by atoms with Gasteiger partial charge in [0.25, 0.3) is 0 Å².